The van der Waals surface area contributed by atoms with Crippen LogP contribution in [0, 0.1) is 17.6 Å². The van der Waals surface area contributed by atoms with E-state index in [1.807, 2.05) is 18.7 Å². The van der Waals surface area contributed by atoms with E-state index in [1.54, 1.807) is 12.4 Å². The van der Waals surface area contributed by atoms with E-state index in [0.717, 1.165) is 43.9 Å². The maximum Gasteiger partial charge on any atom is 0.324 e. The Morgan fingerprint density at radius 2 is 1.79 bits per heavy atom. The van der Waals surface area contributed by atoms with Crippen LogP contribution in [0.1, 0.15) is 56.3 Å². The van der Waals surface area contributed by atoms with Crippen LogP contribution in [0.2, 0.25) is 0 Å². The first-order valence-corrected chi connectivity index (χ1v) is 12.9. The molecule has 9 nitrogen and oxygen atoms in total. The van der Waals surface area contributed by atoms with Crippen molar-refractivity contribution in [2.75, 3.05) is 42.6 Å². The van der Waals surface area contributed by atoms with Crippen molar-refractivity contribution >= 4 is 24.4 Å². The molecule has 4 heterocycles. The summed E-state index contributed by atoms with van der Waals surface area (Å²) >= 11 is 0. The van der Waals surface area contributed by atoms with E-state index in [9.17, 15) is 8.78 Å². The van der Waals surface area contributed by atoms with Gasteiger partial charge in [0.15, 0.2) is 11.6 Å². The van der Waals surface area contributed by atoms with Crippen molar-refractivity contribution in [3.05, 3.63) is 53.6 Å². The molecule has 0 amide bonds. The minimum Gasteiger partial charge on any atom is -0.490 e. The SMILES string of the molecule is CC(C)c1noc(N2CCC(COc3cnc(N4CC[C@H](c5cc(F)ccc5F)[C@@H](N)C4)nc3)CC2)n1.Cl. The first-order valence-electron chi connectivity index (χ1n) is 12.9. The molecule has 2 aliphatic heterocycles. The van der Waals surface area contributed by atoms with Gasteiger partial charge in [-0.3, -0.25) is 0 Å². The first kappa shape index (κ1) is 28.0. The molecule has 206 valence electrons. The summed E-state index contributed by atoms with van der Waals surface area (Å²) in [6, 6.07) is 3.76. The Morgan fingerprint density at radius 1 is 1.08 bits per heavy atom. The van der Waals surface area contributed by atoms with Crippen molar-refractivity contribution in [1.29, 1.82) is 0 Å². The van der Waals surface area contributed by atoms with Gasteiger partial charge in [0, 0.05) is 44.1 Å². The summed E-state index contributed by atoms with van der Waals surface area (Å²) in [7, 11) is 0. The van der Waals surface area contributed by atoms with Gasteiger partial charge < -0.3 is 24.8 Å². The molecule has 2 aliphatic rings. The second-order valence-corrected chi connectivity index (χ2v) is 10.2. The second kappa shape index (κ2) is 12.2. The Labute approximate surface area is 227 Å². The van der Waals surface area contributed by atoms with Gasteiger partial charge in [0.2, 0.25) is 5.95 Å². The third kappa shape index (κ3) is 6.32. The lowest BCUT2D eigenvalue weighted by molar-refractivity contribution is 0.219. The molecule has 2 saturated heterocycles. The Bertz CT molecular complexity index is 1190. The predicted molar refractivity (Wildman–Crippen MR) is 142 cm³/mol. The molecule has 0 aliphatic carbocycles. The summed E-state index contributed by atoms with van der Waals surface area (Å²) in [5, 5.41) is 4.05. The molecule has 2 aromatic heterocycles. The number of anilines is 2. The van der Waals surface area contributed by atoms with E-state index in [2.05, 4.69) is 25.0 Å². The molecular formula is C26H34ClF2N7O2. The van der Waals surface area contributed by atoms with Gasteiger partial charge in [0.1, 0.15) is 11.6 Å². The van der Waals surface area contributed by atoms with Crippen LogP contribution in [0.15, 0.2) is 35.1 Å². The normalized spacial score (nSPS) is 20.5. The fourth-order valence-corrected chi connectivity index (χ4v) is 4.99. The number of nitrogens with zero attached hydrogens (tertiary/aromatic N) is 6. The topological polar surface area (TPSA) is 106 Å². The van der Waals surface area contributed by atoms with Gasteiger partial charge in [0.05, 0.1) is 19.0 Å². The third-order valence-electron chi connectivity index (χ3n) is 7.23. The number of ether oxygens (including phenoxy) is 1. The third-order valence-corrected chi connectivity index (χ3v) is 7.23. The molecule has 0 bridgehead atoms. The van der Waals surface area contributed by atoms with Crippen molar-refractivity contribution in [2.24, 2.45) is 11.7 Å². The van der Waals surface area contributed by atoms with Crippen LogP contribution in [0.3, 0.4) is 0 Å². The minimum absolute atomic E-state index is 0. The first-order chi connectivity index (χ1) is 17.9. The van der Waals surface area contributed by atoms with Gasteiger partial charge in [0.25, 0.3) is 0 Å². The van der Waals surface area contributed by atoms with Crippen LogP contribution in [-0.2, 0) is 0 Å². The fourth-order valence-electron chi connectivity index (χ4n) is 4.99. The summed E-state index contributed by atoms with van der Waals surface area (Å²) in [6.07, 6.45) is 5.87. The second-order valence-electron chi connectivity index (χ2n) is 10.2. The van der Waals surface area contributed by atoms with E-state index in [-0.39, 0.29) is 30.3 Å². The summed E-state index contributed by atoms with van der Waals surface area (Å²) in [5.41, 5.74) is 6.68. The molecule has 0 unspecified atom stereocenters. The highest BCUT2D eigenvalue weighted by Crippen LogP contribution is 2.31. The van der Waals surface area contributed by atoms with Crippen LogP contribution in [0.4, 0.5) is 20.7 Å². The van der Waals surface area contributed by atoms with Gasteiger partial charge in [-0.05, 0) is 48.9 Å². The Hall–Kier alpha value is -3.05. The van der Waals surface area contributed by atoms with Crippen molar-refractivity contribution in [1.82, 2.24) is 20.1 Å². The number of piperidine rings is 2. The van der Waals surface area contributed by atoms with Crippen LogP contribution < -0.4 is 20.3 Å². The fraction of sp³-hybridized carbons (Fsp3) is 0.538. The highest BCUT2D eigenvalue weighted by molar-refractivity contribution is 5.85. The standard InChI is InChI=1S/C26H33F2N7O2.ClH/c1-16(2)24-32-26(37-33-24)34-8-5-17(6-9-34)15-36-19-12-30-25(31-13-19)35-10-7-20(23(29)14-35)21-11-18(27)3-4-22(21)28;/h3-4,11-13,16-17,20,23H,5-10,14-15,29H2,1-2H3;1H/t20-,23+;/m1./s1. The van der Waals surface area contributed by atoms with E-state index in [4.69, 9.17) is 15.0 Å². The molecule has 38 heavy (non-hydrogen) atoms. The number of rotatable bonds is 7. The molecule has 2 atom stereocenters. The average molecular weight is 550 g/mol. The molecule has 0 saturated carbocycles. The van der Waals surface area contributed by atoms with Gasteiger partial charge in [-0.25, -0.2) is 18.7 Å². The number of benzene rings is 1. The van der Waals surface area contributed by atoms with Crippen LogP contribution in [0.5, 0.6) is 5.75 Å². The molecule has 0 spiro atoms. The van der Waals surface area contributed by atoms with Crippen LogP contribution >= 0.6 is 12.4 Å². The van der Waals surface area contributed by atoms with Crippen LogP contribution in [-0.4, -0.2) is 58.9 Å². The molecule has 2 N–H and O–H groups in total. The highest BCUT2D eigenvalue weighted by atomic mass is 35.5. The summed E-state index contributed by atoms with van der Waals surface area (Å²) in [4.78, 5) is 17.5. The number of aromatic nitrogens is 4. The molecule has 0 radical (unpaired) electrons. The number of halogens is 3. The number of nitrogens with two attached hydrogens (primary N) is 1. The Balaban J connectivity index is 0.00000336. The highest BCUT2D eigenvalue weighted by Gasteiger charge is 2.31. The smallest absolute Gasteiger partial charge is 0.324 e. The lowest BCUT2D eigenvalue weighted by Gasteiger charge is -2.37. The molecule has 12 heteroatoms. The largest absolute Gasteiger partial charge is 0.490 e. The predicted octanol–water partition coefficient (Wildman–Crippen LogP) is 4.30. The Morgan fingerprint density at radius 3 is 2.45 bits per heavy atom. The number of hydrogen-bond acceptors (Lipinski definition) is 9. The zero-order chi connectivity index (χ0) is 25.9. The van der Waals surface area contributed by atoms with Crippen molar-refractivity contribution in [3.63, 3.8) is 0 Å². The maximum absolute atomic E-state index is 14.2. The number of hydrogen-bond donors (Lipinski definition) is 1. The van der Waals surface area contributed by atoms with Gasteiger partial charge in [-0.2, -0.15) is 4.98 Å². The Kier molecular flexibility index (Phi) is 8.99. The monoisotopic (exact) mass is 549 g/mol. The van der Waals surface area contributed by atoms with E-state index in [0.29, 0.717) is 55.3 Å². The lowest BCUT2D eigenvalue weighted by Crippen LogP contribution is -2.48. The van der Waals surface area contributed by atoms with Gasteiger partial charge in [-0.1, -0.05) is 19.0 Å². The molecule has 2 fully saturated rings. The quantitative estimate of drug-likeness (QED) is 0.461. The molecular weight excluding hydrogens is 516 g/mol. The zero-order valence-corrected chi connectivity index (χ0v) is 22.4. The van der Waals surface area contributed by atoms with Crippen molar-refractivity contribution in [3.8, 4) is 5.75 Å². The zero-order valence-electron chi connectivity index (χ0n) is 21.6. The van der Waals surface area contributed by atoms with Crippen molar-refractivity contribution in [2.45, 2.75) is 51.0 Å². The van der Waals surface area contributed by atoms with Gasteiger partial charge in [-0.15, -0.1) is 12.4 Å². The molecule has 1 aromatic carbocycles. The average Bonchev–Trinajstić information content (AvgIpc) is 3.41. The summed E-state index contributed by atoms with van der Waals surface area (Å²) in [6.45, 7) is 7.43. The minimum atomic E-state index is -0.456. The van der Waals surface area contributed by atoms with Crippen molar-refractivity contribution < 1.29 is 18.0 Å². The molecule has 3 aromatic rings. The lowest BCUT2D eigenvalue weighted by atomic mass is 9.85. The van der Waals surface area contributed by atoms with E-state index in [1.165, 1.54) is 6.07 Å². The maximum atomic E-state index is 14.2. The van der Waals surface area contributed by atoms with Gasteiger partial charge >= 0.3 is 6.01 Å². The molecule has 5 rings (SSSR count). The summed E-state index contributed by atoms with van der Waals surface area (Å²) in [5.74, 6) is 1.43. The van der Waals surface area contributed by atoms with E-state index < -0.39 is 11.6 Å². The summed E-state index contributed by atoms with van der Waals surface area (Å²) < 4.78 is 39.3. The van der Waals surface area contributed by atoms with E-state index >= 15 is 0 Å². The van der Waals surface area contributed by atoms with Crippen LogP contribution in [0.25, 0.3) is 0 Å².